The fourth-order valence-electron chi connectivity index (χ4n) is 4.16. The number of hydrogen-bond acceptors (Lipinski definition) is 4. The zero-order chi connectivity index (χ0) is 20.2. The van der Waals surface area contributed by atoms with Crippen LogP contribution in [0.4, 0.5) is 5.69 Å². The standard InChI is InChI=1S/C22H25N5O2/c23-15-16-8-7-9-17(14-16)24-21(28)20-25-19(18-10-3-6-13-27(18)20)22(29)26-11-4-1-2-5-12-26/h7-9,14H,1-6,10-13H2,(H,24,28). The van der Waals surface area contributed by atoms with Gasteiger partial charge in [-0.1, -0.05) is 18.9 Å². The molecule has 0 aliphatic carbocycles. The van der Waals surface area contributed by atoms with Crippen molar-refractivity contribution in [3.8, 4) is 6.07 Å². The average molecular weight is 391 g/mol. The maximum absolute atomic E-state index is 13.2. The summed E-state index contributed by atoms with van der Waals surface area (Å²) in [5, 5.41) is 11.9. The van der Waals surface area contributed by atoms with Gasteiger partial charge in [0.05, 0.1) is 17.3 Å². The van der Waals surface area contributed by atoms with Crippen LogP contribution in [-0.2, 0) is 13.0 Å². The van der Waals surface area contributed by atoms with E-state index in [1.165, 1.54) is 0 Å². The van der Waals surface area contributed by atoms with Crippen molar-refractivity contribution < 1.29 is 9.59 Å². The van der Waals surface area contributed by atoms with Crippen molar-refractivity contribution >= 4 is 17.5 Å². The summed E-state index contributed by atoms with van der Waals surface area (Å²) in [4.78, 5) is 32.6. The predicted octanol–water partition coefficient (Wildman–Crippen LogP) is 3.36. The van der Waals surface area contributed by atoms with Crippen molar-refractivity contribution in [2.24, 2.45) is 0 Å². The summed E-state index contributed by atoms with van der Waals surface area (Å²) in [6.07, 6.45) is 7.07. The van der Waals surface area contributed by atoms with Crippen LogP contribution in [0.1, 0.15) is 70.9 Å². The molecule has 1 fully saturated rings. The summed E-state index contributed by atoms with van der Waals surface area (Å²) < 4.78 is 1.90. The third-order valence-electron chi connectivity index (χ3n) is 5.67. The van der Waals surface area contributed by atoms with Gasteiger partial charge in [-0.3, -0.25) is 9.59 Å². The monoisotopic (exact) mass is 391 g/mol. The molecule has 3 heterocycles. The Morgan fingerprint density at radius 1 is 1.03 bits per heavy atom. The van der Waals surface area contributed by atoms with Crippen LogP contribution in [0.3, 0.4) is 0 Å². The number of nitriles is 1. The van der Waals surface area contributed by atoms with E-state index in [-0.39, 0.29) is 17.6 Å². The zero-order valence-corrected chi connectivity index (χ0v) is 16.5. The highest BCUT2D eigenvalue weighted by atomic mass is 16.2. The van der Waals surface area contributed by atoms with Gasteiger partial charge in [-0.05, 0) is 50.3 Å². The summed E-state index contributed by atoms with van der Waals surface area (Å²) in [6.45, 7) is 2.21. The topological polar surface area (TPSA) is 91.0 Å². The molecule has 2 aliphatic heterocycles. The van der Waals surface area contributed by atoms with Gasteiger partial charge in [0.25, 0.3) is 11.8 Å². The highest BCUT2D eigenvalue weighted by Gasteiger charge is 2.30. The fourth-order valence-corrected chi connectivity index (χ4v) is 4.16. The smallest absolute Gasteiger partial charge is 0.291 e. The molecule has 29 heavy (non-hydrogen) atoms. The van der Waals surface area contributed by atoms with Crippen LogP contribution in [-0.4, -0.2) is 39.4 Å². The van der Waals surface area contributed by atoms with E-state index in [4.69, 9.17) is 5.26 Å². The van der Waals surface area contributed by atoms with E-state index in [1.807, 2.05) is 9.47 Å². The number of nitrogens with zero attached hydrogens (tertiary/aromatic N) is 4. The van der Waals surface area contributed by atoms with Gasteiger partial charge in [0, 0.05) is 25.3 Å². The Balaban J connectivity index is 1.62. The molecule has 0 spiro atoms. The summed E-state index contributed by atoms with van der Waals surface area (Å²) in [5.41, 5.74) is 2.33. The highest BCUT2D eigenvalue weighted by molar-refractivity contribution is 6.03. The van der Waals surface area contributed by atoms with Crippen LogP contribution in [0.25, 0.3) is 0 Å². The summed E-state index contributed by atoms with van der Waals surface area (Å²) in [6, 6.07) is 8.84. The van der Waals surface area contributed by atoms with Crippen molar-refractivity contribution in [3.05, 3.63) is 47.0 Å². The van der Waals surface area contributed by atoms with Gasteiger partial charge in [0.15, 0.2) is 5.82 Å². The predicted molar refractivity (Wildman–Crippen MR) is 109 cm³/mol. The number of hydrogen-bond donors (Lipinski definition) is 1. The third-order valence-corrected chi connectivity index (χ3v) is 5.67. The first-order valence-corrected chi connectivity index (χ1v) is 10.4. The third kappa shape index (κ3) is 4.02. The number of carbonyl (C=O) groups excluding carboxylic acids is 2. The molecule has 1 saturated heterocycles. The first kappa shape index (κ1) is 19.2. The molecule has 1 aromatic heterocycles. The van der Waals surface area contributed by atoms with Gasteiger partial charge in [-0.15, -0.1) is 0 Å². The Bertz CT molecular complexity index is 964. The van der Waals surface area contributed by atoms with Crippen LogP contribution in [0.15, 0.2) is 24.3 Å². The van der Waals surface area contributed by atoms with E-state index >= 15 is 0 Å². The van der Waals surface area contributed by atoms with Crippen LogP contribution in [0, 0.1) is 11.3 Å². The average Bonchev–Trinajstić information content (AvgIpc) is 2.93. The van der Waals surface area contributed by atoms with Crippen molar-refractivity contribution in [1.29, 1.82) is 5.26 Å². The largest absolute Gasteiger partial charge is 0.337 e. The molecule has 2 aliphatic rings. The number of likely N-dealkylation sites (tertiary alicyclic amines) is 1. The molecule has 0 unspecified atom stereocenters. The lowest BCUT2D eigenvalue weighted by Crippen LogP contribution is -2.33. The Morgan fingerprint density at radius 2 is 1.79 bits per heavy atom. The van der Waals surface area contributed by atoms with Gasteiger partial charge in [0.2, 0.25) is 0 Å². The fraction of sp³-hybridized carbons (Fsp3) is 0.455. The van der Waals surface area contributed by atoms with E-state index in [9.17, 15) is 9.59 Å². The van der Waals surface area contributed by atoms with Crippen molar-refractivity contribution in [3.63, 3.8) is 0 Å². The number of aromatic nitrogens is 2. The Labute approximate surface area is 170 Å². The number of rotatable bonds is 3. The molecular formula is C22H25N5O2. The van der Waals surface area contributed by atoms with Crippen LogP contribution in [0.5, 0.6) is 0 Å². The molecule has 7 nitrogen and oxygen atoms in total. The SMILES string of the molecule is N#Cc1cccc(NC(=O)c2nc(C(=O)N3CCCCCC3)c3n2CCCC3)c1. The number of nitrogens with one attached hydrogen (secondary N) is 1. The number of benzene rings is 1. The van der Waals surface area contributed by atoms with E-state index < -0.39 is 0 Å². The number of fused-ring (bicyclic) bond motifs is 1. The number of carbonyl (C=O) groups is 2. The summed E-state index contributed by atoms with van der Waals surface area (Å²) in [7, 11) is 0. The number of anilines is 1. The van der Waals surface area contributed by atoms with Crippen molar-refractivity contribution in [2.75, 3.05) is 18.4 Å². The van der Waals surface area contributed by atoms with Gasteiger partial charge >= 0.3 is 0 Å². The lowest BCUT2D eigenvalue weighted by atomic mass is 10.1. The minimum Gasteiger partial charge on any atom is -0.337 e. The second kappa shape index (κ2) is 8.48. The van der Waals surface area contributed by atoms with Crippen LogP contribution >= 0.6 is 0 Å². The lowest BCUT2D eigenvalue weighted by Gasteiger charge is -2.21. The lowest BCUT2D eigenvalue weighted by molar-refractivity contribution is 0.0754. The maximum atomic E-state index is 13.2. The van der Waals surface area contributed by atoms with Gasteiger partial charge < -0.3 is 14.8 Å². The first-order chi connectivity index (χ1) is 14.2. The maximum Gasteiger partial charge on any atom is 0.291 e. The normalized spacial score (nSPS) is 16.4. The van der Waals surface area contributed by atoms with E-state index in [1.54, 1.807) is 24.3 Å². The molecule has 0 atom stereocenters. The quantitative estimate of drug-likeness (QED) is 0.868. The molecule has 7 heteroatoms. The van der Waals surface area contributed by atoms with E-state index in [0.717, 1.165) is 63.7 Å². The molecule has 2 aromatic rings. The summed E-state index contributed by atoms with van der Waals surface area (Å²) >= 11 is 0. The van der Waals surface area contributed by atoms with E-state index in [2.05, 4.69) is 16.4 Å². The second-order valence-corrected chi connectivity index (χ2v) is 7.69. The Kier molecular flexibility index (Phi) is 5.61. The highest BCUT2D eigenvalue weighted by Crippen LogP contribution is 2.24. The molecule has 1 aromatic carbocycles. The molecule has 0 bridgehead atoms. The van der Waals surface area contributed by atoms with E-state index in [0.29, 0.717) is 23.5 Å². The van der Waals surface area contributed by atoms with Gasteiger partial charge in [0.1, 0.15) is 5.69 Å². The Hall–Kier alpha value is -3.14. The number of amides is 2. The molecule has 0 radical (unpaired) electrons. The zero-order valence-electron chi connectivity index (χ0n) is 16.5. The minimum absolute atomic E-state index is 0.0527. The molecule has 1 N–H and O–H groups in total. The molecule has 0 saturated carbocycles. The van der Waals surface area contributed by atoms with Crippen LogP contribution < -0.4 is 5.32 Å². The summed E-state index contributed by atoms with van der Waals surface area (Å²) in [5.74, 6) is -0.124. The van der Waals surface area contributed by atoms with Crippen molar-refractivity contribution in [2.45, 2.75) is 51.5 Å². The van der Waals surface area contributed by atoms with Crippen LogP contribution in [0.2, 0.25) is 0 Å². The molecule has 4 rings (SSSR count). The van der Waals surface area contributed by atoms with Gasteiger partial charge in [-0.25, -0.2) is 4.98 Å². The molecular weight excluding hydrogens is 366 g/mol. The van der Waals surface area contributed by atoms with Crippen molar-refractivity contribution in [1.82, 2.24) is 14.5 Å². The van der Waals surface area contributed by atoms with Gasteiger partial charge in [-0.2, -0.15) is 5.26 Å². The second-order valence-electron chi connectivity index (χ2n) is 7.69. The Morgan fingerprint density at radius 3 is 2.55 bits per heavy atom. The molecule has 2 amide bonds. The molecule has 150 valence electrons. The number of imidazole rings is 1. The minimum atomic E-state index is -0.349. The first-order valence-electron chi connectivity index (χ1n) is 10.4.